The van der Waals surface area contributed by atoms with Gasteiger partial charge in [-0.15, -0.1) is 0 Å². The molecule has 1 aromatic carbocycles. The molecule has 1 heterocycles. The van der Waals surface area contributed by atoms with E-state index in [-0.39, 0.29) is 5.78 Å². The summed E-state index contributed by atoms with van der Waals surface area (Å²) in [5, 5.41) is 0. The van der Waals surface area contributed by atoms with Gasteiger partial charge in [-0.25, -0.2) is 0 Å². The first-order valence-corrected chi connectivity index (χ1v) is 6.25. The highest BCUT2D eigenvalue weighted by molar-refractivity contribution is 6.07. The van der Waals surface area contributed by atoms with Crippen molar-refractivity contribution in [3.63, 3.8) is 0 Å². The Morgan fingerprint density at radius 2 is 1.89 bits per heavy atom. The van der Waals surface area contributed by atoms with Crippen molar-refractivity contribution in [3.8, 4) is 5.75 Å². The third-order valence-electron chi connectivity index (χ3n) is 2.96. The Hall–Kier alpha value is -2.36. The SMILES string of the molecule is Nc1ccc(C(=O)c2ccc(OC3CC3)cc2)nc1. The number of aromatic nitrogens is 1. The molecule has 0 amide bonds. The van der Waals surface area contributed by atoms with E-state index in [2.05, 4.69) is 4.98 Å². The Balaban J connectivity index is 1.77. The van der Waals surface area contributed by atoms with Crippen molar-refractivity contribution in [2.75, 3.05) is 5.73 Å². The molecular weight excluding hydrogens is 240 g/mol. The highest BCUT2D eigenvalue weighted by atomic mass is 16.5. The fourth-order valence-electron chi connectivity index (χ4n) is 1.75. The Bertz CT molecular complexity index is 587. The lowest BCUT2D eigenvalue weighted by Crippen LogP contribution is -2.04. The van der Waals surface area contributed by atoms with Crippen molar-refractivity contribution in [1.82, 2.24) is 4.98 Å². The number of carbonyl (C=O) groups excluding carboxylic acids is 1. The monoisotopic (exact) mass is 254 g/mol. The maximum Gasteiger partial charge on any atom is 0.211 e. The van der Waals surface area contributed by atoms with Crippen LogP contribution in [0.25, 0.3) is 0 Å². The fourth-order valence-corrected chi connectivity index (χ4v) is 1.75. The Morgan fingerprint density at radius 3 is 2.47 bits per heavy atom. The van der Waals surface area contributed by atoms with Crippen LogP contribution in [0.3, 0.4) is 0 Å². The molecule has 1 saturated carbocycles. The molecule has 0 unspecified atom stereocenters. The molecule has 1 aromatic heterocycles. The number of nitrogens with zero attached hydrogens (tertiary/aromatic N) is 1. The Labute approximate surface area is 111 Å². The van der Waals surface area contributed by atoms with E-state index in [4.69, 9.17) is 10.5 Å². The van der Waals surface area contributed by atoms with Crippen molar-refractivity contribution in [2.45, 2.75) is 18.9 Å². The zero-order valence-corrected chi connectivity index (χ0v) is 10.4. The number of ketones is 1. The Kier molecular flexibility index (Phi) is 2.91. The van der Waals surface area contributed by atoms with Crippen LogP contribution in [-0.2, 0) is 0 Å². The lowest BCUT2D eigenvalue weighted by Gasteiger charge is -2.05. The van der Waals surface area contributed by atoms with E-state index in [9.17, 15) is 4.79 Å². The summed E-state index contributed by atoms with van der Waals surface area (Å²) in [6, 6.07) is 10.5. The van der Waals surface area contributed by atoms with Gasteiger partial charge in [-0.2, -0.15) is 0 Å². The minimum Gasteiger partial charge on any atom is -0.490 e. The minimum absolute atomic E-state index is 0.113. The molecule has 3 rings (SSSR count). The molecule has 4 heteroatoms. The Morgan fingerprint density at radius 1 is 1.16 bits per heavy atom. The number of nitrogen functional groups attached to an aromatic ring is 1. The van der Waals surface area contributed by atoms with Crippen LogP contribution in [0.15, 0.2) is 42.6 Å². The predicted octanol–water partition coefficient (Wildman–Crippen LogP) is 2.44. The highest BCUT2D eigenvalue weighted by Crippen LogP contribution is 2.26. The molecule has 1 fully saturated rings. The molecule has 19 heavy (non-hydrogen) atoms. The first-order chi connectivity index (χ1) is 9.22. The van der Waals surface area contributed by atoms with Crippen molar-refractivity contribution >= 4 is 11.5 Å². The summed E-state index contributed by atoms with van der Waals surface area (Å²) >= 11 is 0. The van der Waals surface area contributed by atoms with Crippen LogP contribution in [0.4, 0.5) is 5.69 Å². The lowest BCUT2D eigenvalue weighted by molar-refractivity contribution is 0.103. The third kappa shape index (κ3) is 2.73. The molecule has 96 valence electrons. The first-order valence-electron chi connectivity index (χ1n) is 6.25. The smallest absolute Gasteiger partial charge is 0.211 e. The number of carbonyl (C=O) groups is 1. The number of rotatable bonds is 4. The average Bonchev–Trinajstić information content (AvgIpc) is 3.24. The van der Waals surface area contributed by atoms with E-state index in [0.717, 1.165) is 18.6 Å². The molecule has 0 bridgehead atoms. The van der Waals surface area contributed by atoms with Gasteiger partial charge in [0.2, 0.25) is 5.78 Å². The molecule has 0 spiro atoms. The van der Waals surface area contributed by atoms with Gasteiger partial charge >= 0.3 is 0 Å². The minimum atomic E-state index is -0.113. The molecule has 2 N–H and O–H groups in total. The third-order valence-corrected chi connectivity index (χ3v) is 2.96. The summed E-state index contributed by atoms with van der Waals surface area (Å²) in [4.78, 5) is 16.2. The van der Waals surface area contributed by atoms with Gasteiger partial charge in [0.25, 0.3) is 0 Å². The number of nitrogens with two attached hydrogens (primary N) is 1. The summed E-state index contributed by atoms with van der Waals surface area (Å²) in [6.45, 7) is 0. The summed E-state index contributed by atoms with van der Waals surface area (Å²) in [5.74, 6) is 0.697. The number of hydrogen-bond acceptors (Lipinski definition) is 4. The maximum atomic E-state index is 12.2. The van der Waals surface area contributed by atoms with Gasteiger partial charge in [-0.3, -0.25) is 9.78 Å². The molecule has 1 aliphatic rings. The van der Waals surface area contributed by atoms with E-state index in [1.54, 1.807) is 24.3 Å². The molecule has 0 saturated heterocycles. The molecule has 0 aliphatic heterocycles. The summed E-state index contributed by atoms with van der Waals surface area (Å²) in [7, 11) is 0. The number of hydrogen-bond donors (Lipinski definition) is 1. The van der Waals surface area contributed by atoms with E-state index >= 15 is 0 Å². The van der Waals surface area contributed by atoms with Crippen molar-refractivity contribution < 1.29 is 9.53 Å². The van der Waals surface area contributed by atoms with E-state index in [1.807, 2.05) is 12.1 Å². The van der Waals surface area contributed by atoms with Crippen LogP contribution < -0.4 is 10.5 Å². The van der Waals surface area contributed by atoms with Gasteiger partial charge in [-0.1, -0.05) is 0 Å². The van der Waals surface area contributed by atoms with Crippen molar-refractivity contribution in [1.29, 1.82) is 0 Å². The molecule has 0 atom stereocenters. The summed E-state index contributed by atoms with van der Waals surface area (Å²) in [6.07, 6.45) is 4.09. The molecule has 0 radical (unpaired) electrons. The van der Waals surface area contributed by atoms with Crippen LogP contribution in [0.5, 0.6) is 5.75 Å². The van der Waals surface area contributed by atoms with Crippen molar-refractivity contribution in [3.05, 3.63) is 53.9 Å². The topological polar surface area (TPSA) is 65.2 Å². The van der Waals surface area contributed by atoms with Crippen LogP contribution in [0.2, 0.25) is 0 Å². The van der Waals surface area contributed by atoms with Gasteiger partial charge in [0.05, 0.1) is 18.0 Å². The number of benzene rings is 1. The van der Waals surface area contributed by atoms with Gasteiger partial charge in [-0.05, 0) is 49.2 Å². The zero-order valence-electron chi connectivity index (χ0n) is 10.4. The average molecular weight is 254 g/mol. The number of anilines is 1. The second-order valence-corrected chi connectivity index (χ2v) is 4.65. The molecular formula is C15H14N2O2. The summed E-state index contributed by atoms with van der Waals surface area (Å²) in [5.41, 5.74) is 7.08. The van der Waals surface area contributed by atoms with E-state index in [0.29, 0.717) is 23.0 Å². The quantitative estimate of drug-likeness (QED) is 0.851. The molecule has 4 nitrogen and oxygen atoms in total. The highest BCUT2D eigenvalue weighted by Gasteiger charge is 2.23. The second kappa shape index (κ2) is 4.72. The maximum absolute atomic E-state index is 12.2. The van der Waals surface area contributed by atoms with Crippen LogP contribution >= 0.6 is 0 Å². The molecule has 1 aliphatic carbocycles. The van der Waals surface area contributed by atoms with Crippen LogP contribution in [0.1, 0.15) is 28.9 Å². The van der Waals surface area contributed by atoms with Crippen LogP contribution in [-0.4, -0.2) is 16.9 Å². The summed E-state index contributed by atoms with van der Waals surface area (Å²) < 4.78 is 5.64. The second-order valence-electron chi connectivity index (χ2n) is 4.65. The van der Waals surface area contributed by atoms with Gasteiger partial charge in [0.1, 0.15) is 11.4 Å². The standard InChI is InChI=1S/C15H14N2O2/c16-11-3-8-14(17-9-11)15(18)10-1-4-12(5-2-10)19-13-6-7-13/h1-5,8-9,13H,6-7,16H2. The molecule has 2 aromatic rings. The fraction of sp³-hybridized carbons (Fsp3) is 0.200. The van der Waals surface area contributed by atoms with Gasteiger partial charge in [0, 0.05) is 5.56 Å². The van der Waals surface area contributed by atoms with Crippen LogP contribution in [0, 0.1) is 0 Å². The first kappa shape index (κ1) is 11.7. The van der Waals surface area contributed by atoms with Crippen molar-refractivity contribution in [2.24, 2.45) is 0 Å². The normalized spacial score (nSPS) is 14.1. The number of pyridine rings is 1. The number of ether oxygens (including phenoxy) is 1. The van der Waals surface area contributed by atoms with E-state index in [1.165, 1.54) is 6.20 Å². The lowest BCUT2D eigenvalue weighted by atomic mass is 10.1. The van der Waals surface area contributed by atoms with Gasteiger partial charge < -0.3 is 10.5 Å². The predicted molar refractivity (Wildman–Crippen MR) is 72.2 cm³/mol. The van der Waals surface area contributed by atoms with E-state index < -0.39 is 0 Å². The van der Waals surface area contributed by atoms with Gasteiger partial charge in [0.15, 0.2) is 0 Å². The largest absolute Gasteiger partial charge is 0.490 e. The zero-order chi connectivity index (χ0) is 13.2.